The van der Waals surface area contributed by atoms with Crippen molar-refractivity contribution < 1.29 is 8.42 Å². The first-order valence-electron chi connectivity index (χ1n) is 5.75. The fourth-order valence-corrected chi connectivity index (χ4v) is 3.04. The maximum Gasteiger partial charge on any atom is 0.153 e. The number of thiol groups is 1. The molecule has 1 fully saturated rings. The monoisotopic (exact) mass is 273 g/mol. The summed E-state index contributed by atoms with van der Waals surface area (Å²) in [7, 11) is -2.29. The van der Waals surface area contributed by atoms with Crippen molar-refractivity contribution in [2.75, 3.05) is 19.0 Å². The standard InChI is InChI=1S/C12H16ClNO2S/c13-12-3-1-10(2-4-12)11-5-7-14(8-6-11)9-17(15)16/h1-4,11,17H,5-9H2. The summed E-state index contributed by atoms with van der Waals surface area (Å²) >= 11 is 5.86. The molecule has 0 amide bonds. The number of hydrogen-bond acceptors (Lipinski definition) is 3. The molecule has 0 unspecified atom stereocenters. The van der Waals surface area contributed by atoms with E-state index in [1.807, 2.05) is 17.0 Å². The average molecular weight is 274 g/mol. The SMILES string of the molecule is O=[SH](=O)CN1CCC(c2ccc(Cl)cc2)CC1. The number of halogens is 1. The molecule has 1 aliphatic rings. The molecular formula is C12H16ClNO2S. The van der Waals surface area contributed by atoms with E-state index in [4.69, 9.17) is 11.6 Å². The van der Waals surface area contributed by atoms with Crippen molar-refractivity contribution in [1.82, 2.24) is 4.90 Å². The highest BCUT2D eigenvalue weighted by Crippen LogP contribution is 2.28. The van der Waals surface area contributed by atoms with Crippen LogP contribution in [-0.2, 0) is 10.7 Å². The van der Waals surface area contributed by atoms with Gasteiger partial charge in [-0.2, -0.15) is 0 Å². The summed E-state index contributed by atoms with van der Waals surface area (Å²) in [4.78, 5) is 2.00. The van der Waals surface area contributed by atoms with Crippen LogP contribution < -0.4 is 0 Å². The Labute approximate surface area is 108 Å². The summed E-state index contributed by atoms with van der Waals surface area (Å²) < 4.78 is 21.3. The number of rotatable bonds is 3. The van der Waals surface area contributed by atoms with Crippen LogP contribution in [0.3, 0.4) is 0 Å². The van der Waals surface area contributed by atoms with Crippen LogP contribution in [0.15, 0.2) is 24.3 Å². The van der Waals surface area contributed by atoms with Crippen molar-refractivity contribution in [3.05, 3.63) is 34.9 Å². The van der Waals surface area contributed by atoms with Crippen LogP contribution in [0.5, 0.6) is 0 Å². The Hall–Kier alpha value is -0.580. The number of nitrogens with zero attached hydrogens (tertiary/aromatic N) is 1. The minimum atomic E-state index is -2.29. The van der Waals surface area contributed by atoms with Crippen molar-refractivity contribution in [3.63, 3.8) is 0 Å². The number of hydrogen-bond donors (Lipinski definition) is 1. The lowest BCUT2D eigenvalue weighted by atomic mass is 9.90. The number of piperidine rings is 1. The van der Waals surface area contributed by atoms with E-state index < -0.39 is 10.7 Å². The van der Waals surface area contributed by atoms with E-state index in [0.29, 0.717) is 5.92 Å². The summed E-state index contributed by atoms with van der Waals surface area (Å²) in [5.41, 5.74) is 1.31. The average Bonchev–Trinajstić information content (AvgIpc) is 2.30. The van der Waals surface area contributed by atoms with E-state index in [1.54, 1.807) is 0 Å². The van der Waals surface area contributed by atoms with Crippen molar-refractivity contribution in [2.24, 2.45) is 0 Å². The van der Waals surface area contributed by atoms with Gasteiger partial charge in [0.15, 0.2) is 10.7 Å². The minimum absolute atomic E-state index is 0.197. The molecule has 1 aliphatic heterocycles. The molecule has 0 bridgehead atoms. The molecule has 17 heavy (non-hydrogen) atoms. The summed E-state index contributed by atoms with van der Waals surface area (Å²) in [6.07, 6.45) is 2.04. The second-order valence-corrected chi connectivity index (χ2v) is 5.80. The highest BCUT2D eigenvalue weighted by Gasteiger charge is 2.20. The lowest BCUT2D eigenvalue weighted by Crippen LogP contribution is -2.34. The van der Waals surface area contributed by atoms with Crippen molar-refractivity contribution >= 4 is 22.3 Å². The van der Waals surface area contributed by atoms with Gasteiger partial charge in [-0.25, -0.2) is 8.42 Å². The van der Waals surface area contributed by atoms with Crippen LogP contribution in [0.25, 0.3) is 0 Å². The third kappa shape index (κ3) is 3.69. The molecule has 0 N–H and O–H groups in total. The van der Waals surface area contributed by atoms with E-state index in [2.05, 4.69) is 12.1 Å². The molecule has 0 aromatic heterocycles. The maximum atomic E-state index is 10.6. The van der Waals surface area contributed by atoms with Crippen LogP contribution in [0.4, 0.5) is 0 Å². The van der Waals surface area contributed by atoms with E-state index in [1.165, 1.54) is 5.56 Å². The van der Waals surface area contributed by atoms with Crippen LogP contribution in [0.1, 0.15) is 24.3 Å². The van der Waals surface area contributed by atoms with Crippen LogP contribution in [0, 0.1) is 0 Å². The topological polar surface area (TPSA) is 37.4 Å². The van der Waals surface area contributed by atoms with E-state index in [-0.39, 0.29) is 5.88 Å². The van der Waals surface area contributed by atoms with Gasteiger partial charge in [0, 0.05) is 5.02 Å². The summed E-state index contributed by atoms with van der Waals surface area (Å²) in [5, 5.41) is 0.759. The minimum Gasteiger partial charge on any atom is -0.290 e. The molecule has 3 nitrogen and oxygen atoms in total. The Morgan fingerprint density at radius 3 is 2.29 bits per heavy atom. The summed E-state index contributed by atoms with van der Waals surface area (Å²) in [5.74, 6) is 0.732. The van der Waals surface area contributed by atoms with Gasteiger partial charge in [0.05, 0.1) is 5.88 Å². The fraction of sp³-hybridized carbons (Fsp3) is 0.500. The summed E-state index contributed by atoms with van der Waals surface area (Å²) in [6.45, 7) is 1.72. The highest BCUT2D eigenvalue weighted by atomic mass is 35.5. The quantitative estimate of drug-likeness (QED) is 0.857. The molecule has 1 heterocycles. The molecule has 1 aromatic carbocycles. The molecule has 0 saturated carbocycles. The Kier molecular flexibility index (Phi) is 4.42. The van der Waals surface area contributed by atoms with E-state index >= 15 is 0 Å². The predicted molar refractivity (Wildman–Crippen MR) is 70.2 cm³/mol. The van der Waals surface area contributed by atoms with Crippen molar-refractivity contribution in [2.45, 2.75) is 18.8 Å². The Morgan fingerprint density at radius 2 is 1.76 bits per heavy atom. The van der Waals surface area contributed by atoms with E-state index in [9.17, 15) is 8.42 Å². The van der Waals surface area contributed by atoms with Gasteiger partial charge in [-0.15, -0.1) is 0 Å². The molecular weight excluding hydrogens is 258 g/mol. The van der Waals surface area contributed by atoms with Crippen LogP contribution >= 0.6 is 11.6 Å². The molecule has 1 saturated heterocycles. The normalized spacial score (nSPS) is 18.7. The van der Waals surface area contributed by atoms with Crippen molar-refractivity contribution in [3.8, 4) is 0 Å². The Bertz CT molecular complexity index is 428. The first-order valence-corrected chi connectivity index (χ1v) is 7.49. The lowest BCUT2D eigenvalue weighted by molar-refractivity contribution is 0.242. The molecule has 1 aromatic rings. The third-order valence-electron chi connectivity index (χ3n) is 3.24. The smallest absolute Gasteiger partial charge is 0.153 e. The number of likely N-dealkylation sites (tertiary alicyclic amines) is 1. The molecule has 0 spiro atoms. The zero-order chi connectivity index (χ0) is 12.3. The van der Waals surface area contributed by atoms with Crippen LogP contribution in [0.2, 0.25) is 5.02 Å². The molecule has 94 valence electrons. The molecule has 5 heteroatoms. The van der Waals surface area contributed by atoms with Gasteiger partial charge in [0.25, 0.3) is 0 Å². The van der Waals surface area contributed by atoms with Gasteiger partial charge >= 0.3 is 0 Å². The molecule has 0 atom stereocenters. The summed E-state index contributed by atoms with van der Waals surface area (Å²) in [6, 6.07) is 7.96. The van der Waals surface area contributed by atoms with Gasteiger partial charge < -0.3 is 0 Å². The zero-order valence-electron chi connectivity index (χ0n) is 9.51. The second kappa shape index (κ2) is 5.85. The van der Waals surface area contributed by atoms with Gasteiger partial charge in [0.1, 0.15) is 0 Å². The zero-order valence-corrected chi connectivity index (χ0v) is 11.2. The van der Waals surface area contributed by atoms with Gasteiger partial charge in [-0.1, -0.05) is 23.7 Å². The lowest BCUT2D eigenvalue weighted by Gasteiger charge is -2.30. The van der Waals surface area contributed by atoms with Crippen molar-refractivity contribution in [1.29, 1.82) is 0 Å². The van der Waals surface area contributed by atoms with Gasteiger partial charge in [-0.05, 0) is 49.5 Å². The van der Waals surface area contributed by atoms with E-state index in [0.717, 1.165) is 31.0 Å². The second-order valence-electron chi connectivity index (χ2n) is 4.42. The maximum absolute atomic E-state index is 10.6. The Morgan fingerprint density at radius 1 is 1.18 bits per heavy atom. The largest absolute Gasteiger partial charge is 0.290 e. The molecule has 0 radical (unpaired) electrons. The first kappa shape index (κ1) is 12.9. The first-order chi connectivity index (χ1) is 8.15. The molecule has 0 aliphatic carbocycles. The number of benzene rings is 1. The third-order valence-corrected chi connectivity index (χ3v) is 4.13. The Balaban J connectivity index is 1.92. The van der Waals surface area contributed by atoms with Gasteiger partial charge in [0.2, 0.25) is 0 Å². The predicted octanol–water partition coefficient (Wildman–Crippen LogP) is 2.09. The molecule has 2 rings (SSSR count). The fourth-order valence-electron chi connectivity index (χ4n) is 2.31. The highest BCUT2D eigenvalue weighted by molar-refractivity contribution is 7.72. The van der Waals surface area contributed by atoms with Gasteiger partial charge in [-0.3, -0.25) is 4.90 Å². The van der Waals surface area contributed by atoms with Crippen LogP contribution in [-0.4, -0.2) is 32.3 Å².